The van der Waals surface area contributed by atoms with Crippen LogP contribution in [0.5, 0.6) is 0 Å². The molecular weight excluding hydrogens is 178 g/mol. The normalized spacial score (nSPS) is 16.1. The third-order valence-corrected chi connectivity index (χ3v) is 2.27. The summed E-state index contributed by atoms with van der Waals surface area (Å²) in [5, 5.41) is 8.98. The highest BCUT2D eigenvalue weighted by Crippen LogP contribution is 2.34. The Hall–Kier alpha value is -1.60. The topological polar surface area (TPSA) is 52.5 Å². The first-order chi connectivity index (χ1) is 6.76. The zero-order chi connectivity index (χ0) is 10.1. The average Bonchev–Trinajstić information content (AvgIpc) is 2.61. The molecule has 0 aliphatic carbocycles. The van der Waals surface area contributed by atoms with E-state index in [1.54, 1.807) is 13.1 Å². The summed E-state index contributed by atoms with van der Waals surface area (Å²) < 4.78 is 5.50. The number of aliphatic imine (C=N–C) groups is 1. The lowest BCUT2D eigenvalue weighted by atomic mass is 10.2. The second-order valence-electron chi connectivity index (χ2n) is 3.36. The molecule has 0 N–H and O–H groups in total. The van der Waals surface area contributed by atoms with Gasteiger partial charge in [-0.1, -0.05) is 0 Å². The van der Waals surface area contributed by atoms with E-state index in [0.29, 0.717) is 11.4 Å². The van der Waals surface area contributed by atoms with Crippen molar-refractivity contribution in [1.29, 1.82) is 5.26 Å². The highest BCUT2D eigenvalue weighted by atomic mass is 16.4. The van der Waals surface area contributed by atoms with E-state index in [9.17, 15) is 0 Å². The van der Waals surface area contributed by atoms with Crippen molar-refractivity contribution >= 4 is 12.1 Å². The molecule has 4 nitrogen and oxygen atoms in total. The molecule has 1 aliphatic rings. The third kappa shape index (κ3) is 1.22. The van der Waals surface area contributed by atoms with Crippen molar-refractivity contribution in [3.05, 3.63) is 16.9 Å². The van der Waals surface area contributed by atoms with E-state index >= 15 is 0 Å². The van der Waals surface area contributed by atoms with Gasteiger partial charge in [-0.2, -0.15) is 5.26 Å². The molecule has 0 saturated carbocycles. The van der Waals surface area contributed by atoms with Crippen LogP contribution in [0.15, 0.2) is 9.41 Å². The van der Waals surface area contributed by atoms with E-state index in [1.165, 1.54) is 0 Å². The van der Waals surface area contributed by atoms with Crippen molar-refractivity contribution in [3.8, 4) is 6.07 Å². The predicted molar refractivity (Wildman–Crippen MR) is 52.4 cm³/mol. The molecule has 0 fully saturated rings. The second-order valence-corrected chi connectivity index (χ2v) is 3.36. The molecule has 72 valence electrons. The maximum Gasteiger partial charge on any atom is 0.237 e. The van der Waals surface area contributed by atoms with Gasteiger partial charge in [0, 0.05) is 18.3 Å². The van der Waals surface area contributed by atoms with Gasteiger partial charge in [0.2, 0.25) is 5.88 Å². The number of hydrogen-bond acceptors (Lipinski definition) is 4. The predicted octanol–water partition coefficient (Wildman–Crippen LogP) is 1.82. The lowest BCUT2D eigenvalue weighted by Crippen LogP contribution is -2.08. The first-order valence-corrected chi connectivity index (χ1v) is 4.48. The van der Waals surface area contributed by atoms with Gasteiger partial charge in [0.25, 0.3) is 0 Å². The summed E-state index contributed by atoms with van der Waals surface area (Å²) in [6.07, 6.45) is 1.64. The highest BCUT2D eigenvalue weighted by Gasteiger charge is 2.26. The lowest BCUT2D eigenvalue weighted by molar-refractivity contribution is 0.329. The molecule has 2 heterocycles. The van der Waals surface area contributed by atoms with E-state index in [-0.39, 0.29) is 0 Å². The van der Waals surface area contributed by atoms with Crippen molar-refractivity contribution in [2.45, 2.75) is 20.0 Å². The van der Waals surface area contributed by atoms with Gasteiger partial charge in [0.15, 0.2) is 0 Å². The van der Waals surface area contributed by atoms with Gasteiger partial charge in [0.05, 0.1) is 6.54 Å². The smallest absolute Gasteiger partial charge is 0.237 e. The first-order valence-electron chi connectivity index (χ1n) is 4.48. The quantitative estimate of drug-likeness (QED) is 0.633. The Labute approximate surface area is 82.5 Å². The van der Waals surface area contributed by atoms with Crippen molar-refractivity contribution < 1.29 is 4.42 Å². The van der Waals surface area contributed by atoms with Crippen LogP contribution in [0.3, 0.4) is 0 Å². The van der Waals surface area contributed by atoms with Crippen molar-refractivity contribution in [3.63, 3.8) is 0 Å². The summed E-state index contributed by atoms with van der Waals surface area (Å²) in [4.78, 5) is 6.14. The van der Waals surface area contributed by atoms with E-state index in [0.717, 1.165) is 24.4 Å². The number of hydrogen-bond donors (Lipinski definition) is 0. The van der Waals surface area contributed by atoms with E-state index in [1.807, 2.05) is 7.05 Å². The molecule has 1 aromatic rings. The fourth-order valence-electron chi connectivity index (χ4n) is 1.69. The Kier molecular flexibility index (Phi) is 2.10. The SMILES string of the molecule is CC=Nc1oc2c(c1C#N)CN(C)C2. The van der Waals surface area contributed by atoms with Crippen LogP contribution in [-0.4, -0.2) is 18.2 Å². The first kappa shape index (κ1) is 8.97. The Morgan fingerprint density at radius 3 is 3.00 bits per heavy atom. The molecule has 0 atom stereocenters. The van der Waals surface area contributed by atoms with Crippen LogP contribution in [0.2, 0.25) is 0 Å². The summed E-state index contributed by atoms with van der Waals surface area (Å²) in [5.41, 5.74) is 1.58. The summed E-state index contributed by atoms with van der Waals surface area (Å²) >= 11 is 0. The minimum atomic E-state index is 0.452. The molecule has 0 aromatic carbocycles. The van der Waals surface area contributed by atoms with Crippen LogP contribution in [0.1, 0.15) is 23.8 Å². The highest BCUT2D eigenvalue weighted by molar-refractivity contribution is 5.63. The third-order valence-electron chi connectivity index (χ3n) is 2.27. The number of nitriles is 1. The van der Waals surface area contributed by atoms with Crippen molar-refractivity contribution in [2.75, 3.05) is 7.05 Å². The molecule has 4 heteroatoms. The van der Waals surface area contributed by atoms with E-state index < -0.39 is 0 Å². The molecule has 0 saturated heterocycles. The van der Waals surface area contributed by atoms with Gasteiger partial charge < -0.3 is 4.42 Å². The van der Waals surface area contributed by atoms with Gasteiger partial charge in [-0.25, -0.2) is 4.99 Å². The molecule has 0 radical (unpaired) electrons. The fourth-order valence-corrected chi connectivity index (χ4v) is 1.69. The molecular formula is C10H11N3O. The Balaban J connectivity index is 2.50. The molecule has 14 heavy (non-hydrogen) atoms. The van der Waals surface area contributed by atoms with Gasteiger partial charge in [-0.15, -0.1) is 0 Å². The minimum absolute atomic E-state index is 0.452. The van der Waals surface area contributed by atoms with Crippen LogP contribution in [0, 0.1) is 11.3 Å². The van der Waals surface area contributed by atoms with Crippen LogP contribution in [0.4, 0.5) is 5.88 Å². The lowest BCUT2D eigenvalue weighted by Gasteiger charge is -2.04. The van der Waals surface area contributed by atoms with Gasteiger partial charge >= 0.3 is 0 Å². The summed E-state index contributed by atoms with van der Waals surface area (Å²) in [7, 11) is 2.00. The largest absolute Gasteiger partial charge is 0.440 e. The zero-order valence-electron chi connectivity index (χ0n) is 8.24. The number of fused-ring (bicyclic) bond motifs is 1. The summed E-state index contributed by atoms with van der Waals surface area (Å²) in [6, 6.07) is 2.15. The monoisotopic (exact) mass is 189 g/mol. The van der Waals surface area contributed by atoms with Crippen molar-refractivity contribution in [2.24, 2.45) is 4.99 Å². The van der Waals surface area contributed by atoms with Crippen LogP contribution < -0.4 is 0 Å². The van der Waals surface area contributed by atoms with Gasteiger partial charge in [-0.05, 0) is 14.0 Å². The summed E-state index contributed by atoms with van der Waals surface area (Å²) in [5.74, 6) is 1.33. The minimum Gasteiger partial charge on any atom is -0.440 e. The molecule has 1 aromatic heterocycles. The van der Waals surface area contributed by atoms with Gasteiger partial charge in [0.1, 0.15) is 17.4 Å². The fraction of sp³-hybridized carbons (Fsp3) is 0.400. The average molecular weight is 189 g/mol. The Morgan fingerprint density at radius 1 is 1.57 bits per heavy atom. The van der Waals surface area contributed by atoms with Crippen LogP contribution in [0.25, 0.3) is 0 Å². The number of nitrogens with zero attached hydrogens (tertiary/aromatic N) is 3. The van der Waals surface area contributed by atoms with Crippen LogP contribution in [-0.2, 0) is 13.1 Å². The van der Waals surface area contributed by atoms with E-state index in [4.69, 9.17) is 9.68 Å². The number of rotatable bonds is 1. The van der Waals surface area contributed by atoms with Crippen LogP contribution >= 0.6 is 0 Å². The van der Waals surface area contributed by atoms with Gasteiger partial charge in [-0.3, -0.25) is 4.90 Å². The maximum atomic E-state index is 8.98. The maximum absolute atomic E-state index is 8.98. The van der Waals surface area contributed by atoms with E-state index in [2.05, 4.69) is 16.0 Å². The number of furan rings is 1. The second kappa shape index (κ2) is 3.28. The molecule has 0 unspecified atom stereocenters. The molecule has 2 rings (SSSR count). The molecule has 1 aliphatic heterocycles. The van der Waals surface area contributed by atoms with Crippen molar-refractivity contribution in [1.82, 2.24) is 4.90 Å². The standard InChI is InChI=1S/C10H11N3O/c1-3-12-10-7(4-11)8-5-13(2)6-9(8)14-10/h3H,5-6H2,1-2H3. The Bertz CT molecular complexity index is 425. The zero-order valence-corrected chi connectivity index (χ0v) is 8.24. The molecule has 0 amide bonds. The Morgan fingerprint density at radius 2 is 2.36 bits per heavy atom. The molecule has 0 bridgehead atoms. The summed E-state index contributed by atoms with van der Waals surface area (Å²) in [6.45, 7) is 3.35. The molecule has 0 spiro atoms.